The Morgan fingerprint density at radius 1 is 1.00 bits per heavy atom. The van der Waals surface area contributed by atoms with Gasteiger partial charge in [0.25, 0.3) is 15.9 Å². The number of sulfonamides is 1. The number of methoxy groups -OCH3 is 1. The van der Waals surface area contributed by atoms with Crippen LogP contribution in [0, 0.1) is 5.82 Å². The Morgan fingerprint density at radius 3 is 2.19 bits per heavy atom. The van der Waals surface area contributed by atoms with E-state index in [9.17, 15) is 17.6 Å². The maximum atomic E-state index is 13.1. The SMILES string of the molecule is COc1ccc(CN(C(=O)c2ccc(S(=O)(=O)Nc3ccc(F)cc3)cc2)C2CC2)cc1. The summed E-state index contributed by atoms with van der Waals surface area (Å²) in [4.78, 5) is 15.0. The van der Waals surface area contributed by atoms with Crippen molar-refractivity contribution in [3.63, 3.8) is 0 Å². The lowest BCUT2D eigenvalue weighted by molar-refractivity contribution is 0.0730. The zero-order valence-corrected chi connectivity index (χ0v) is 18.3. The number of carbonyl (C=O) groups excluding carboxylic acids is 1. The fourth-order valence-electron chi connectivity index (χ4n) is 3.36. The summed E-state index contributed by atoms with van der Waals surface area (Å²) >= 11 is 0. The first kappa shape index (κ1) is 21.8. The molecule has 0 radical (unpaired) electrons. The second-order valence-corrected chi connectivity index (χ2v) is 9.33. The minimum Gasteiger partial charge on any atom is -0.497 e. The summed E-state index contributed by atoms with van der Waals surface area (Å²) in [7, 11) is -2.25. The summed E-state index contributed by atoms with van der Waals surface area (Å²) in [6.45, 7) is 0.472. The Labute approximate surface area is 186 Å². The molecular weight excluding hydrogens is 431 g/mol. The standard InChI is InChI=1S/C24H23FN2O4S/c1-31-22-12-2-17(3-13-22)16-27(21-10-11-21)24(28)18-4-14-23(15-5-18)32(29,30)26-20-8-6-19(25)7-9-20/h2-9,12-15,21,26H,10-11,16H2,1H3. The van der Waals surface area contributed by atoms with E-state index in [1.54, 1.807) is 7.11 Å². The molecule has 6 nitrogen and oxygen atoms in total. The summed E-state index contributed by atoms with van der Waals surface area (Å²) in [6, 6.07) is 18.6. The maximum Gasteiger partial charge on any atom is 0.261 e. The van der Waals surface area contributed by atoms with E-state index in [2.05, 4.69) is 4.72 Å². The van der Waals surface area contributed by atoms with E-state index < -0.39 is 15.8 Å². The van der Waals surface area contributed by atoms with Gasteiger partial charge < -0.3 is 9.64 Å². The number of halogens is 1. The van der Waals surface area contributed by atoms with E-state index in [1.165, 1.54) is 48.5 Å². The van der Waals surface area contributed by atoms with Gasteiger partial charge in [0.15, 0.2) is 0 Å². The third-order valence-electron chi connectivity index (χ3n) is 5.27. The molecule has 0 saturated heterocycles. The van der Waals surface area contributed by atoms with Gasteiger partial charge in [-0.1, -0.05) is 12.1 Å². The third kappa shape index (κ3) is 5.08. The largest absolute Gasteiger partial charge is 0.497 e. The van der Waals surface area contributed by atoms with Gasteiger partial charge in [0.1, 0.15) is 11.6 Å². The third-order valence-corrected chi connectivity index (χ3v) is 6.67. The van der Waals surface area contributed by atoms with Gasteiger partial charge in [0, 0.05) is 23.8 Å². The van der Waals surface area contributed by atoms with Crippen molar-refractivity contribution in [3.05, 3.63) is 89.7 Å². The number of nitrogens with zero attached hydrogens (tertiary/aromatic N) is 1. The Kier molecular flexibility index (Phi) is 6.14. The molecule has 1 aliphatic rings. The van der Waals surface area contributed by atoms with Crippen molar-refractivity contribution >= 4 is 21.6 Å². The van der Waals surface area contributed by atoms with Crippen molar-refractivity contribution in [2.45, 2.75) is 30.3 Å². The number of hydrogen-bond acceptors (Lipinski definition) is 4. The molecule has 1 fully saturated rings. The lowest BCUT2D eigenvalue weighted by Gasteiger charge is -2.23. The molecule has 0 heterocycles. The second kappa shape index (κ2) is 9.00. The lowest BCUT2D eigenvalue weighted by atomic mass is 10.1. The van der Waals surface area contributed by atoms with Crippen molar-refractivity contribution in [2.75, 3.05) is 11.8 Å². The van der Waals surface area contributed by atoms with Crippen LogP contribution in [0.4, 0.5) is 10.1 Å². The summed E-state index contributed by atoms with van der Waals surface area (Å²) in [5.41, 5.74) is 1.67. The Morgan fingerprint density at radius 2 is 1.62 bits per heavy atom. The molecule has 0 aliphatic heterocycles. The molecule has 1 saturated carbocycles. The smallest absolute Gasteiger partial charge is 0.261 e. The van der Waals surface area contributed by atoms with Crippen LogP contribution in [-0.4, -0.2) is 32.4 Å². The minimum atomic E-state index is -3.86. The zero-order valence-electron chi connectivity index (χ0n) is 17.5. The molecule has 4 rings (SSSR count). The van der Waals surface area contributed by atoms with Crippen molar-refractivity contribution < 1.29 is 22.3 Å². The van der Waals surface area contributed by atoms with Gasteiger partial charge in [-0.3, -0.25) is 9.52 Å². The highest BCUT2D eigenvalue weighted by Crippen LogP contribution is 2.30. The number of ether oxygens (including phenoxy) is 1. The molecule has 0 atom stereocenters. The Bertz CT molecular complexity index is 1190. The number of rotatable bonds is 8. The molecule has 0 spiro atoms. The summed E-state index contributed by atoms with van der Waals surface area (Å²) < 4.78 is 45.8. The van der Waals surface area contributed by atoms with Crippen LogP contribution in [0.5, 0.6) is 5.75 Å². The van der Waals surface area contributed by atoms with Crippen molar-refractivity contribution in [2.24, 2.45) is 0 Å². The fourth-order valence-corrected chi connectivity index (χ4v) is 4.41. The molecule has 0 bridgehead atoms. The van der Waals surface area contributed by atoms with Crippen LogP contribution in [0.25, 0.3) is 0 Å². The summed E-state index contributed by atoms with van der Waals surface area (Å²) in [5, 5.41) is 0. The van der Waals surface area contributed by atoms with Crippen LogP contribution in [-0.2, 0) is 16.6 Å². The molecule has 1 aliphatic carbocycles. The number of benzene rings is 3. The van der Waals surface area contributed by atoms with Gasteiger partial charge >= 0.3 is 0 Å². The first-order valence-corrected chi connectivity index (χ1v) is 11.7. The van der Waals surface area contributed by atoms with E-state index >= 15 is 0 Å². The first-order chi connectivity index (χ1) is 15.4. The molecule has 1 amide bonds. The van der Waals surface area contributed by atoms with Gasteiger partial charge in [-0.05, 0) is 79.1 Å². The monoisotopic (exact) mass is 454 g/mol. The van der Waals surface area contributed by atoms with E-state index in [4.69, 9.17) is 4.74 Å². The van der Waals surface area contributed by atoms with Crippen LogP contribution in [0.2, 0.25) is 0 Å². The van der Waals surface area contributed by atoms with E-state index in [1.807, 2.05) is 29.2 Å². The molecule has 0 unspecified atom stereocenters. The van der Waals surface area contributed by atoms with Crippen LogP contribution in [0.15, 0.2) is 77.7 Å². The molecule has 166 valence electrons. The highest BCUT2D eigenvalue weighted by molar-refractivity contribution is 7.92. The van der Waals surface area contributed by atoms with Crippen molar-refractivity contribution in [1.29, 1.82) is 0 Å². The molecule has 3 aromatic rings. The fraction of sp³-hybridized carbons (Fsp3) is 0.208. The Balaban J connectivity index is 1.48. The van der Waals surface area contributed by atoms with Crippen molar-refractivity contribution in [1.82, 2.24) is 4.90 Å². The topological polar surface area (TPSA) is 75.7 Å². The van der Waals surface area contributed by atoms with Crippen LogP contribution in [0.3, 0.4) is 0 Å². The quantitative estimate of drug-likeness (QED) is 0.546. The van der Waals surface area contributed by atoms with E-state index in [-0.39, 0.29) is 22.5 Å². The van der Waals surface area contributed by atoms with Gasteiger partial charge in [-0.25, -0.2) is 12.8 Å². The van der Waals surface area contributed by atoms with Gasteiger partial charge in [0.05, 0.1) is 12.0 Å². The van der Waals surface area contributed by atoms with Gasteiger partial charge in [-0.15, -0.1) is 0 Å². The van der Waals surface area contributed by atoms with Crippen LogP contribution >= 0.6 is 0 Å². The number of amides is 1. The predicted molar refractivity (Wildman–Crippen MR) is 120 cm³/mol. The van der Waals surface area contributed by atoms with Crippen LogP contribution in [0.1, 0.15) is 28.8 Å². The zero-order chi connectivity index (χ0) is 22.7. The average Bonchev–Trinajstić information content (AvgIpc) is 3.64. The van der Waals surface area contributed by atoms with Gasteiger partial charge in [-0.2, -0.15) is 0 Å². The molecule has 1 N–H and O–H groups in total. The van der Waals surface area contributed by atoms with Gasteiger partial charge in [0.2, 0.25) is 0 Å². The second-order valence-electron chi connectivity index (χ2n) is 7.65. The highest BCUT2D eigenvalue weighted by Gasteiger charge is 2.33. The summed E-state index contributed by atoms with van der Waals surface area (Å²) in [5.74, 6) is 0.161. The average molecular weight is 455 g/mol. The lowest BCUT2D eigenvalue weighted by Crippen LogP contribution is -2.32. The highest BCUT2D eigenvalue weighted by atomic mass is 32.2. The number of carbonyl (C=O) groups is 1. The minimum absolute atomic E-state index is 0.0199. The van der Waals surface area contributed by atoms with Crippen LogP contribution < -0.4 is 9.46 Å². The maximum absolute atomic E-state index is 13.1. The predicted octanol–water partition coefficient (Wildman–Crippen LogP) is 4.44. The number of hydrogen-bond donors (Lipinski definition) is 1. The molecule has 0 aromatic heterocycles. The molecule has 32 heavy (non-hydrogen) atoms. The molecule has 8 heteroatoms. The number of anilines is 1. The van der Waals surface area contributed by atoms with E-state index in [0.29, 0.717) is 12.1 Å². The molecule has 3 aromatic carbocycles. The Hall–Kier alpha value is -3.39. The number of nitrogens with one attached hydrogen (secondary N) is 1. The first-order valence-electron chi connectivity index (χ1n) is 10.2. The van der Waals surface area contributed by atoms with E-state index in [0.717, 1.165) is 24.2 Å². The molecular formula is C24H23FN2O4S. The normalized spacial score (nSPS) is 13.4. The van der Waals surface area contributed by atoms with Crippen molar-refractivity contribution in [3.8, 4) is 5.75 Å². The summed E-state index contributed by atoms with van der Waals surface area (Å²) in [6.07, 6.45) is 1.91.